The number of piperidine rings is 1. The molecule has 3 heterocycles. The van der Waals surface area contributed by atoms with Gasteiger partial charge in [-0.05, 0) is 43.5 Å². The molecule has 1 aromatic rings. The molecule has 1 amide bonds. The molecule has 1 aromatic carbocycles. The van der Waals surface area contributed by atoms with Gasteiger partial charge in [-0.2, -0.15) is 0 Å². The van der Waals surface area contributed by atoms with Crippen molar-refractivity contribution in [2.75, 3.05) is 32.8 Å². The maximum absolute atomic E-state index is 12.5. The van der Waals surface area contributed by atoms with Crippen molar-refractivity contribution < 1.29 is 19.4 Å². The summed E-state index contributed by atoms with van der Waals surface area (Å²) in [7, 11) is 0. The summed E-state index contributed by atoms with van der Waals surface area (Å²) in [5.41, 5.74) is 0.586. The SMILES string of the molecule is O=C(N[C@@H]1C[C@H]2CCN(C2)C1)c1ccc2c(c1)OC[C@@H](CO)O2. The Bertz CT molecular complexity index is 594. The molecule has 6 nitrogen and oxygen atoms in total. The van der Waals surface area contributed by atoms with E-state index in [-0.39, 0.29) is 24.7 Å². The largest absolute Gasteiger partial charge is 0.486 e. The lowest BCUT2D eigenvalue weighted by Crippen LogP contribution is -2.47. The van der Waals surface area contributed by atoms with E-state index in [1.54, 1.807) is 18.2 Å². The number of nitrogens with one attached hydrogen (secondary N) is 1. The van der Waals surface area contributed by atoms with Crippen LogP contribution in [0.15, 0.2) is 18.2 Å². The molecule has 124 valence electrons. The lowest BCUT2D eigenvalue weighted by molar-refractivity contribution is 0.0455. The van der Waals surface area contributed by atoms with Crippen molar-refractivity contribution in [3.63, 3.8) is 0 Å². The van der Waals surface area contributed by atoms with Crippen LogP contribution in [0.2, 0.25) is 0 Å². The number of hydrogen-bond donors (Lipinski definition) is 2. The first-order valence-electron chi connectivity index (χ1n) is 8.29. The quantitative estimate of drug-likeness (QED) is 0.856. The molecule has 1 unspecified atom stereocenters. The third-order valence-electron chi connectivity index (χ3n) is 4.93. The van der Waals surface area contributed by atoms with Crippen molar-refractivity contribution >= 4 is 5.91 Å². The zero-order valence-corrected chi connectivity index (χ0v) is 13.0. The monoisotopic (exact) mass is 318 g/mol. The molecule has 4 rings (SSSR count). The fourth-order valence-corrected chi connectivity index (χ4v) is 3.78. The minimum absolute atomic E-state index is 0.0619. The Morgan fingerprint density at radius 2 is 2.26 bits per heavy atom. The molecular weight excluding hydrogens is 296 g/mol. The van der Waals surface area contributed by atoms with Crippen LogP contribution in [0.4, 0.5) is 0 Å². The molecule has 3 aliphatic rings. The van der Waals surface area contributed by atoms with Gasteiger partial charge in [-0.1, -0.05) is 0 Å². The highest BCUT2D eigenvalue weighted by molar-refractivity contribution is 5.95. The Labute approximate surface area is 135 Å². The van der Waals surface area contributed by atoms with Gasteiger partial charge in [0.15, 0.2) is 17.6 Å². The van der Waals surface area contributed by atoms with E-state index in [2.05, 4.69) is 10.2 Å². The Morgan fingerprint density at radius 1 is 1.35 bits per heavy atom. The molecule has 0 aliphatic carbocycles. The summed E-state index contributed by atoms with van der Waals surface area (Å²) in [6.45, 7) is 3.51. The van der Waals surface area contributed by atoms with Crippen LogP contribution in [0.3, 0.4) is 0 Å². The van der Waals surface area contributed by atoms with E-state index in [9.17, 15) is 4.79 Å². The zero-order chi connectivity index (χ0) is 15.8. The Balaban J connectivity index is 1.43. The molecule has 3 aliphatic heterocycles. The first kappa shape index (κ1) is 14.8. The minimum atomic E-state index is -0.339. The average Bonchev–Trinajstić information content (AvgIpc) is 2.92. The predicted molar refractivity (Wildman–Crippen MR) is 83.9 cm³/mol. The van der Waals surface area contributed by atoms with Gasteiger partial charge in [0.25, 0.3) is 5.91 Å². The summed E-state index contributed by atoms with van der Waals surface area (Å²) in [6.07, 6.45) is 1.99. The lowest BCUT2D eigenvalue weighted by atomic mass is 9.96. The molecule has 6 heteroatoms. The molecule has 0 radical (unpaired) electrons. The molecule has 0 saturated carbocycles. The highest BCUT2D eigenvalue weighted by Crippen LogP contribution is 2.33. The first-order chi connectivity index (χ1) is 11.2. The van der Waals surface area contributed by atoms with Gasteiger partial charge < -0.3 is 24.8 Å². The number of amides is 1. The molecule has 2 saturated heterocycles. The number of aliphatic hydroxyl groups is 1. The van der Waals surface area contributed by atoms with Crippen molar-refractivity contribution in [2.24, 2.45) is 5.92 Å². The molecule has 0 aromatic heterocycles. The van der Waals surface area contributed by atoms with Gasteiger partial charge in [-0.15, -0.1) is 0 Å². The summed E-state index contributed by atoms with van der Waals surface area (Å²) < 4.78 is 11.2. The average molecular weight is 318 g/mol. The minimum Gasteiger partial charge on any atom is -0.486 e. The summed E-state index contributed by atoms with van der Waals surface area (Å²) in [5, 5.41) is 12.3. The predicted octanol–water partition coefficient (Wildman–Crippen LogP) is 0.643. The molecule has 23 heavy (non-hydrogen) atoms. The van der Waals surface area contributed by atoms with Crippen LogP contribution in [0.1, 0.15) is 23.2 Å². The van der Waals surface area contributed by atoms with Crippen LogP contribution in [0, 0.1) is 5.92 Å². The first-order valence-corrected chi connectivity index (χ1v) is 8.29. The number of nitrogens with zero attached hydrogens (tertiary/aromatic N) is 1. The number of carbonyl (C=O) groups is 1. The Kier molecular flexibility index (Phi) is 3.87. The highest BCUT2D eigenvalue weighted by atomic mass is 16.6. The maximum atomic E-state index is 12.5. The molecule has 4 atom stereocenters. The number of fused-ring (bicyclic) bond motifs is 3. The fourth-order valence-electron chi connectivity index (χ4n) is 3.78. The topological polar surface area (TPSA) is 71.0 Å². The van der Waals surface area contributed by atoms with Crippen LogP contribution >= 0.6 is 0 Å². The second-order valence-electron chi connectivity index (χ2n) is 6.72. The normalized spacial score (nSPS) is 31.7. The van der Waals surface area contributed by atoms with Crippen molar-refractivity contribution in [2.45, 2.75) is 25.0 Å². The zero-order valence-electron chi connectivity index (χ0n) is 13.0. The third kappa shape index (κ3) is 3.01. The number of aliphatic hydroxyl groups excluding tert-OH is 1. The van der Waals surface area contributed by atoms with Crippen LogP contribution < -0.4 is 14.8 Å². The van der Waals surface area contributed by atoms with Crippen molar-refractivity contribution in [1.29, 1.82) is 0 Å². The molecule has 2 fully saturated rings. The van der Waals surface area contributed by atoms with Crippen LogP contribution in [0.5, 0.6) is 11.5 Å². The number of ether oxygens (including phenoxy) is 2. The number of benzene rings is 1. The smallest absolute Gasteiger partial charge is 0.251 e. The molecule has 0 spiro atoms. The van der Waals surface area contributed by atoms with E-state index in [4.69, 9.17) is 14.6 Å². The van der Waals surface area contributed by atoms with Gasteiger partial charge in [0.1, 0.15) is 6.61 Å². The van der Waals surface area contributed by atoms with E-state index >= 15 is 0 Å². The van der Waals surface area contributed by atoms with E-state index in [1.807, 2.05) is 0 Å². The van der Waals surface area contributed by atoms with Gasteiger partial charge in [0.2, 0.25) is 0 Å². The second kappa shape index (κ2) is 6.02. The van der Waals surface area contributed by atoms with Crippen LogP contribution in [-0.4, -0.2) is 60.9 Å². The Hall–Kier alpha value is -1.79. The van der Waals surface area contributed by atoms with Crippen molar-refractivity contribution in [1.82, 2.24) is 10.2 Å². The van der Waals surface area contributed by atoms with Gasteiger partial charge in [0, 0.05) is 24.7 Å². The number of rotatable bonds is 3. The van der Waals surface area contributed by atoms with Gasteiger partial charge in [-0.3, -0.25) is 4.79 Å². The Morgan fingerprint density at radius 3 is 3.09 bits per heavy atom. The third-order valence-corrected chi connectivity index (χ3v) is 4.93. The van der Waals surface area contributed by atoms with Crippen LogP contribution in [-0.2, 0) is 0 Å². The summed E-state index contributed by atoms with van der Waals surface area (Å²) in [4.78, 5) is 14.9. The molecule has 2 bridgehead atoms. The summed E-state index contributed by atoms with van der Waals surface area (Å²) >= 11 is 0. The maximum Gasteiger partial charge on any atom is 0.251 e. The summed E-state index contributed by atoms with van der Waals surface area (Å²) in [5.74, 6) is 1.81. The highest BCUT2D eigenvalue weighted by Gasteiger charge is 2.33. The van der Waals surface area contributed by atoms with Gasteiger partial charge in [0.05, 0.1) is 6.61 Å². The molecular formula is C17H22N2O4. The fraction of sp³-hybridized carbons (Fsp3) is 0.588. The lowest BCUT2D eigenvalue weighted by Gasteiger charge is -2.30. The van der Waals surface area contributed by atoms with E-state index < -0.39 is 0 Å². The van der Waals surface area contributed by atoms with Crippen molar-refractivity contribution in [3.8, 4) is 11.5 Å². The van der Waals surface area contributed by atoms with Gasteiger partial charge >= 0.3 is 0 Å². The second-order valence-corrected chi connectivity index (χ2v) is 6.72. The molecule has 2 N–H and O–H groups in total. The number of hydrogen-bond acceptors (Lipinski definition) is 5. The summed E-state index contributed by atoms with van der Waals surface area (Å²) in [6, 6.07) is 5.43. The van der Waals surface area contributed by atoms with Crippen LogP contribution in [0.25, 0.3) is 0 Å². The van der Waals surface area contributed by atoms with Gasteiger partial charge in [-0.25, -0.2) is 0 Å². The van der Waals surface area contributed by atoms with Crippen molar-refractivity contribution in [3.05, 3.63) is 23.8 Å². The standard InChI is InChI=1S/C17H22N2O4/c20-9-14-10-22-16-6-12(1-2-15(16)23-14)17(21)18-13-5-11-3-4-19(7-11)8-13/h1-2,6,11,13-14,20H,3-5,7-10H2,(H,18,21)/t11-,13-,14-/m1/s1. The van der Waals surface area contributed by atoms with E-state index in [0.29, 0.717) is 23.7 Å². The van der Waals surface area contributed by atoms with E-state index in [0.717, 1.165) is 25.4 Å². The number of carbonyl (C=O) groups excluding carboxylic acids is 1. The van der Waals surface area contributed by atoms with E-state index in [1.165, 1.54) is 13.0 Å².